The van der Waals surface area contributed by atoms with Gasteiger partial charge in [0.15, 0.2) is 0 Å². The van der Waals surface area contributed by atoms with Gasteiger partial charge in [-0.2, -0.15) is 0 Å². The molecule has 0 aromatic carbocycles. The van der Waals surface area contributed by atoms with Gasteiger partial charge in [-0.15, -0.1) is 0 Å². The molecule has 2 aliphatic rings. The number of amides is 2. The third-order valence-corrected chi connectivity index (χ3v) is 6.32. The zero-order chi connectivity index (χ0) is 27.2. The summed E-state index contributed by atoms with van der Waals surface area (Å²) in [6, 6.07) is 4.11. The van der Waals surface area contributed by atoms with Gasteiger partial charge in [-0.25, -0.2) is 9.78 Å². The zero-order valence-corrected chi connectivity index (χ0v) is 23.2. The van der Waals surface area contributed by atoms with Crippen LogP contribution in [-0.4, -0.2) is 95.8 Å². The monoisotopic (exact) mass is 517 g/mol. The molecule has 2 amide bonds. The van der Waals surface area contributed by atoms with E-state index < -0.39 is 11.2 Å². The summed E-state index contributed by atoms with van der Waals surface area (Å²) >= 11 is 0. The van der Waals surface area contributed by atoms with Gasteiger partial charge in [0.2, 0.25) is 0 Å². The highest BCUT2D eigenvalue weighted by molar-refractivity contribution is 5.94. The summed E-state index contributed by atoms with van der Waals surface area (Å²) in [6.45, 7) is 16.4. The largest absolute Gasteiger partial charge is 0.460 e. The Kier molecular flexibility index (Phi) is 9.39. The minimum absolute atomic E-state index is 0.124. The van der Waals surface area contributed by atoms with E-state index >= 15 is 0 Å². The number of ether oxygens (including phenoxy) is 2. The van der Waals surface area contributed by atoms with Gasteiger partial charge in [0, 0.05) is 58.1 Å². The van der Waals surface area contributed by atoms with Crippen LogP contribution in [-0.2, 0) is 14.3 Å². The first-order chi connectivity index (χ1) is 17.3. The van der Waals surface area contributed by atoms with E-state index in [4.69, 9.17) is 9.47 Å². The van der Waals surface area contributed by atoms with Crippen LogP contribution in [0.4, 0.5) is 10.6 Å². The van der Waals surface area contributed by atoms with E-state index in [0.717, 1.165) is 57.9 Å². The Morgan fingerprint density at radius 3 is 2.08 bits per heavy atom. The second-order valence-corrected chi connectivity index (χ2v) is 11.7. The van der Waals surface area contributed by atoms with Gasteiger partial charge in [-0.1, -0.05) is 0 Å². The molecule has 2 saturated heterocycles. The fraction of sp³-hybridized carbons (Fsp3) is 0.704. The van der Waals surface area contributed by atoms with Crippen LogP contribution >= 0.6 is 0 Å². The number of pyridine rings is 1. The van der Waals surface area contributed by atoms with E-state index in [0.29, 0.717) is 11.6 Å². The minimum atomic E-state index is -0.536. The Morgan fingerprint density at radius 1 is 0.919 bits per heavy atom. The lowest BCUT2D eigenvalue weighted by atomic mass is 10.0. The van der Waals surface area contributed by atoms with Crippen molar-refractivity contribution < 1.29 is 23.9 Å². The van der Waals surface area contributed by atoms with Crippen LogP contribution in [0.1, 0.15) is 71.2 Å². The average Bonchev–Trinajstić information content (AvgIpc) is 2.82. The first-order valence-corrected chi connectivity index (χ1v) is 13.2. The van der Waals surface area contributed by atoms with Crippen LogP contribution in [0.2, 0.25) is 0 Å². The number of likely N-dealkylation sites (tertiary alicyclic amines) is 1. The van der Waals surface area contributed by atoms with Crippen molar-refractivity contribution in [3.63, 3.8) is 0 Å². The molecule has 1 aromatic heterocycles. The summed E-state index contributed by atoms with van der Waals surface area (Å²) in [4.78, 5) is 47.6. The maximum absolute atomic E-state index is 12.4. The summed E-state index contributed by atoms with van der Waals surface area (Å²) in [5.74, 6) is 0.254. The van der Waals surface area contributed by atoms with E-state index in [1.165, 1.54) is 0 Å². The Bertz CT molecular complexity index is 922. The summed E-state index contributed by atoms with van der Waals surface area (Å²) in [7, 11) is 0. The van der Waals surface area contributed by atoms with Crippen molar-refractivity contribution in [1.82, 2.24) is 20.1 Å². The number of nitrogens with zero attached hydrogens (tertiary/aromatic N) is 4. The highest BCUT2D eigenvalue weighted by Gasteiger charge is 2.31. The molecule has 0 spiro atoms. The number of nitrogens with one attached hydrogen (secondary N) is 1. The molecule has 0 radical (unpaired) electrons. The standard InChI is InChI=1S/C27H43N5O5/c1-26(2,3)36-23(33)9-12-28-24(34)20-7-8-22(29-19-20)31-17-15-30(16-18-31)21-10-13-32(14-11-21)25(35)37-27(4,5)6/h7-8,19,21H,9-18H2,1-6H3,(H,28,34). The third kappa shape index (κ3) is 9.18. The van der Waals surface area contributed by atoms with Gasteiger partial charge in [0.25, 0.3) is 5.91 Å². The number of piperidine rings is 1. The molecule has 2 aliphatic heterocycles. The molecule has 10 nitrogen and oxygen atoms in total. The van der Waals surface area contributed by atoms with Gasteiger partial charge >= 0.3 is 12.1 Å². The fourth-order valence-electron chi connectivity index (χ4n) is 4.54. The number of carbonyl (C=O) groups excluding carboxylic acids is 3. The maximum Gasteiger partial charge on any atom is 0.410 e. The van der Waals surface area contributed by atoms with E-state index in [1.807, 2.05) is 52.5 Å². The van der Waals surface area contributed by atoms with Gasteiger partial charge in [-0.05, 0) is 66.5 Å². The van der Waals surface area contributed by atoms with Crippen molar-refractivity contribution >= 4 is 23.8 Å². The van der Waals surface area contributed by atoms with Crippen molar-refractivity contribution in [3.8, 4) is 0 Å². The summed E-state index contributed by atoms with van der Waals surface area (Å²) in [5, 5.41) is 2.75. The number of rotatable bonds is 6. The van der Waals surface area contributed by atoms with Crippen molar-refractivity contribution in [1.29, 1.82) is 0 Å². The van der Waals surface area contributed by atoms with Crippen molar-refractivity contribution in [2.45, 2.75) is 78.0 Å². The third-order valence-electron chi connectivity index (χ3n) is 6.32. The van der Waals surface area contributed by atoms with Crippen LogP contribution in [0.5, 0.6) is 0 Å². The first kappa shape index (κ1) is 28.7. The molecular formula is C27H43N5O5. The summed E-state index contributed by atoms with van der Waals surface area (Å²) < 4.78 is 10.8. The van der Waals surface area contributed by atoms with Crippen LogP contribution in [0.15, 0.2) is 18.3 Å². The molecule has 1 N–H and O–H groups in total. The molecule has 1 aromatic rings. The first-order valence-electron chi connectivity index (χ1n) is 13.2. The van der Waals surface area contributed by atoms with E-state index in [2.05, 4.69) is 20.1 Å². The Labute approximate surface area is 220 Å². The van der Waals surface area contributed by atoms with Crippen LogP contribution < -0.4 is 10.2 Å². The van der Waals surface area contributed by atoms with E-state index in [-0.39, 0.29) is 30.9 Å². The second kappa shape index (κ2) is 12.1. The van der Waals surface area contributed by atoms with Crippen LogP contribution in [0, 0.1) is 0 Å². The number of anilines is 1. The number of carbonyl (C=O) groups is 3. The summed E-state index contributed by atoms with van der Waals surface area (Å²) in [6.07, 6.45) is 3.39. The lowest BCUT2D eigenvalue weighted by Gasteiger charge is -2.43. The van der Waals surface area contributed by atoms with E-state index in [1.54, 1.807) is 12.3 Å². The van der Waals surface area contributed by atoms with Gasteiger partial charge < -0.3 is 24.6 Å². The van der Waals surface area contributed by atoms with Gasteiger partial charge in [0.1, 0.15) is 17.0 Å². The topological polar surface area (TPSA) is 104 Å². The van der Waals surface area contributed by atoms with Crippen molar-refractivity contribution in [2.75, 3.05) is 50.7 Å². The Balaban J connectivity index is 1.39. The lowest BCUT2D eigenvalue weighted by molar-refractivity contribution is -0.154. The SMILES string of the molecule is CC(C)(C)OC(=O)CCNC(=O)c1ccc(N2CCN(C3CCN(C(=O)OC(C)(C)C)CC3)CC2)nc1. The normalized spacial score (nSPS) is 17.9. The van der Waals surface area contributed by atoms with Gasteiger partial charge in [0.05, 0.1) is 12.0 Å². The highest BCUT2D eigenvalue weighted by atomic mass is 16.6. The zero-order valence-electron chi connectivity index (χ0n) is 23.2. The fourth-order valence-corrected chi connectivity index (χ4v) is 4.54. The van der Waals surface area contributed by atoms with Crippen molar-refractivity contribution in [2.24, 2.45) is 0 Å². The second-order valence-electron chi connectivity index (χ2n) is 11.7. The van der Waals surface area contributed by atoms with Gasteiger partial charge in [-0.3, -0.25) is 14.5 Å². The number of esters is 1. The molecule has 37 heavy (non-hydrogen) atoms. The summed E-state index contributed by atoms with van der Waals surface area (Å²) in [5.41, 5.74) is -0.545. The molecule has 3 heterocycles. The molecule has 2 fully saturated rings. The molecule has 0 aliphatic carbocycles. The quantitative estimate of drug-likeness (QED) is 0.574. The predicted octanol–water partition coefficient (Wildman–Crippen LogP) is 3.06. The highest BCUT2D eigenvalue weighted by Crippen LogP contribution is 2.22. The predicted molar refractivity (Wildman–Crippen MR) is 142 cm³/mol. The number of hydrogen-bond acceptors (Lipinski definition) is 8. The minimum Gasteiger partial charge on any atom is -0.460 e. The number of hydrogen-bond donors (Lipinski definition) is 1. The van der Waals surface area contributed by atoms with E-state index in [9.17, 15) is 14.4 Å². The smallest absolute Gasteiger partial charge is 0.410 e. The molecule has 0 saturated carbocycles. The Morgan fingerprint density at radius 2 is 1.54 bits per heavy atom. The molecule has 3 rings (SSSR count). The van der Waals surface area contributed by atoms with Crippen LogP contribution in [0.25, 0.3) is 0 Å². The Hall–Kier alpha value is -2.88. The molecule has 10 heteroatoms. The van der Waals surface area contributed by atoms with Crippen LogP contribution in [0.3, 0.4) is 0 Å². The number of aromatic nitrogens is 1. The number of piperazine rings is 1. The molecule has 0 unspecified atom stereocenters. The maximum atomic E-state index is 12.4. The van der Waals surface area contributed by atoms with Crippen molar-refractivity contribution in [3.05, 3.63) is 23.9 Å². The molecule has 0 bridgehead atoms. The molecular weight excluding hydrogens is 474 g/mol. The lowest BCUT2D eigenvalue weighted by Crippen LogP contribution is -2.54. The average molecular weight is 518 g/mol. The molecule has 0 atom stereocenters. The molecule has 206 valence electrons.